The highest BCUT2D eigenvalue weighted by Gasteiger charge is 2.48. The fourth-order valence-electron chi connectivity index (χ4n) is 13.1. The van der Waals surface area contributed by atoms with E-state index in [1.165, 1.54) is 118 Å². The van der Waals surface area contributed by atoms with Gasteiger partial charge in [0.15, 0.2) is 0 Å². The summed E-state index contributed by atoms with van der Waals surface area (Å²) >= 11 is 0. The van der Waals surface area contributed by atoms with Gasteiger partial charge in [-0.2, -0.15) is 0 Å². The number of allylic oxidation sites excluding steroid dienone is 5. The lowest BCUT2D eigenvalue weighted by atomic mass is 9.77. The first kappa shape index (κ1) is 48.1. The summed E-state index contributed by atoms with van der Waals surface area (Å²) < 4.78 is 2.82. The summed E-state index contributed by atoms with van der Waals surface area (Å²) in [5.74, 6) is 0.287. The average Bonchev–Trinajstić information content (AvgIpc) is 3.71. The van der Waals surface area contributed by atoms with E-state index in [1.54, 1.807) is 0 Å². The first-order valence-electron chi connectivity index (χ1n) is 27.4. The first-order valence-corrected chi connectivity index (χ1v) is 27.4. The number of anilines is 4. The molecule has 3 heteroatoms. The molecule has 2 unspecified atom stereocenters. The van der Waals surface area contributed by atoms with Crippen LogP contribution in [-0.4, -0.2) is 10.6 Å². The quantitative estimate of drug-likeness (QED) is 0.170. The maximum absolute atomic E-state index is 2.82. The lowest BCUT2D eigenvalue weighted by Crippen LogP contribution is -2.35. The average molecular weight is 970 g/mol. The van der Waals surface area contributed by atoms with Gasteiger partial charge in [-0.1, -0.05) is 212 Å². The van der Waals surface area contributed by atoms with Crippen LogP contribution in [0.4, 0.5) is 22.7 Å². The topological polar surface area (TPSA) is 11.4 Å². The predicted molar refractivity (Wildman–Crippen MR) is 317 cm³/mol. The Morgan fingerprint density at radius 1 is 0.568 bits per heavy atom. The molecule has 3 nitrogen and oxygen atoms in total. The largest absolute Gasteiger partial charge is 0.334 e. The number of hydrogen-bond acceptors (Lipinski definition) is 2. The van der Waals surface area contributed by atoms with E-state index in [4.69, 9.17) is 0 Å². The van der Waals surface area contributed by atoms with Crippen molar-refractivity contribution < 1.29 is 0 Å². The highest BCUT2D eigenvalue weighted by Crippen LogP contribution is 2.61. The van der Waals surface area contributed by atoms with Crippen LogP contribution in [0.1, 0.15) is 160 Å². The molecule has 0 fully saturated rings. The van der Waals surface area contributed by atoms with E-state index in [0.29, 0.717) is 0 Å². The van der Waals surface area contributed by atoms with Gasteiger partial charge in [0.2, 0.25) is 0 Å². The predicted octanol–water partition coefficient (Wildman–Crippen LogP) is 19.1. The lowest BCUT2D eigenvalue weighted by molar-refractivity contribution is 0.589. The maximum atomic E-state index is 2.82. The first-order chi connectivity index (χ1) is 35.0. The van der Waals surface area contributed by atoms with E-state index in [-0.39, 0.29) is 39.0 Å². The molecular formula is C71H75N3. The van der Waals surface area contributed by atoms with Crippen molar-refractivity contribution in [3.8, 4) is 11.1 Å². The number of benzene rings is 6. The van der Waals surface area contributed by atoms with Crippen LogP contribution >= 0.6 is 0 Å². The Morgan fingerprint density at radius 2 is 1.16 bits per heavy atom. The van der Waals surface area contributed by atoms with Gasteiger partial charge in [0, 0.05) is 68.2 Å². The summed E-state index contributed by atoms with van der Waals surface area (Å²) in [6, 6.07) is 52.0. The van der Waals surface area contributed by atoms with Crippen LogP contribution in [0.15, 0.2) is 181 Å². The van der Waals surface area contributed by atoms with Crippen molar-refractivity contribution in [2.24, 2.45) is 0 Å². The van der Waals surface area contributed by atoms with E-state index in [0.717, 1.165) is 12.8 Å². The maximum Gasteiger partial charge on any atom is 0.0610 e. The number of rotatable bonds is 5. The highest BCUT2D eigenvalue weighted by molar-refractivity contribution is 6.08. The normalized spacial score (nSPS) is 18.8. The third kappa shape index (κ3) is 7.58. The molecule has 6 aromatic carbocycles. The number of hydrogen-bond donors (Lipinski definition) is 0. The van der Waals surface area contributed by atoms with E-state index in [1.807, 2.05) is 0 Å². The van der Waals surface area contributed by atoms with Gasteiger partial charge in [-0.3, -0.25) is 0 Å². The number of nitrogens with zero attached hydrogens (tertiary/aromatic N) is 3. The second kappa shape index (κ2) is 16.6. The Morgan fingerprint density at radius 3 is 1.78 bits per heavy atom. The fourth-order valence-corrected chi connectivity index (χ4v) is 13.1. The second-order valence-corrected chi connectivity index (χ2v) is 26.6. The van der Waals surface area contributed by atoms with Crippen molar-refractivity contribution in [2.75, 3.05) is 9.80 Å². The van der Waals surface area contributed by atoms with Gasteiger partial charge in [-0.25, -0.2) is 0 Å². The molecule has 0 radical (unpaired) electrons. The Bertz CT molecular complexity index is 3530. The third-order valence-electron chi connectivity index (χ3n) is 17.2. The summed E-state index contributed by atoms with van der Waals surface area (Å²) in [4.78, 5) is 5.36. The zero-order chi connectivity index (χ0) is 52.0. The van der Waals surface area contributed by atoms with Gasteiger partial charge in [0.25, 0.3) is 0 Å². The van der Waals surface area contributed by atoms with Crippen LogP contribution in [0.2, 0.25) is 0 Å². The van der Waals surface area contributed by atoms with Gasteiger partial charge in [-0.15, -0.1) is 0 Å². The van der Waals surface area contributed by atoms with Crippen LogP contribution in [0.5, 0.6) is 0 Å². The van der Waals surface area contributed by atoms with Gasteiger partial charge >= 0.3 is 0 Å². The molecule has 3 aliphatic carbocycles. The smallest absolute Gasteiger partial charge is 0.0610 e. The molecule has 374 valence electrons. The van der Waals surface area contributed by atoms with Crippen molar-refractivity contribution in [3.63, 3.8) is 0 Å². The molecule has 0 spiro atoms. The molecule has 7 aromatic rings. The molecule has 2 bridgehead atoms. The van der Waals surface area contributed by atoms with Crippen molar-refractivity contribution in [1.29, 1.82) is 0 Å². The molecule has 0 amide bonds. The van der Waals surface area contributed by atoms with E-state index < -0.39 is 0 Å². The minimum Gasteiger partial charge on any atom is -0.334 e. The van der Waals surface area contributed by atoms with Crippen molar-refractivity contribution in [1.82, 2.24) is 4.57 Å². The van der Waals surface area contributed by atoms with E-state index in [9.17, 15) is 0 Å². The SMILES string of the molecule is CC(C)(C)c1ccc(N(c2ccc(C(C)(C)C)cc2)C2C=C3C4=C(C2)n2c5c(c6cccc(c62)C(=C4)c2ccc(C(C)(C)C)cc2N3c2ccc(C(C)(C)C)cc2-c2ccccc2)C(C)(C)C2=CC=CCC25)cc1. The van der Waals surface area contributed by atoms with Crippen LogP contribution in [0, 0.1) is 0 Å². The number of para-hydroxylation sites is 1. The van der Waals surface area contributed by atoms with Crippen molar-refractivity contribution in [3.05, 3.63) is 225 Å². The second-order valence-electron chi connectivity index (χ2n) is 26.6. The minimum absolute atomic E-state index is 0.0245. The molecule has 2 aliphatic heterocycles. The van der Waals surface area contributed by atoms with Crippen LogP contribution < -0.4 is 9.80 Å². The standard InChI is InChI=1S/C71H75N3/c1-67(2,3)45-27-33-49(34-28-45)72(50-35-29-46(30-36-50)68(4,5)6)51-41-62-58-43-57(53-24-20-25-55-64-66(74(65(53)55)63(58)42-51)54-23-18-19-26-59(54)71(64,13)14)52-37-31-48(70(10,11)12)40-61(52)73(62)60-38-32-47(69(7,8)9)39-56(60)44-21-16-15-17-22-44/h15-22,24-41,43,51,54H,23,42H2,1-14H3. The number of fused-ring (bicyclic) bond motifs is 9. The molecule has 0 saturated heterocycles. The Hall–Kier alpha value is -6.84. The van der Waals surface area contributed by atoms with Crippen molar-refractivity contribution >= 4 is 44.9 Å². The van der Waals surface area contributed by atoms with Gasteiger partial charge in [-0.05, 0) is 122 Å². The highest BCUT2D eigenvalue weighted by atomic mass is 15.2. The van der Waals surface area contributed by atoms with E-state index >= 15 is 0 Å². The molecule has 1 aromatic heterocycles. The lowest BCUT2D eigenvalue weighted by Gasteiger charge is -2.41. The molecule has 3 heterocycles. The van der Waals surface area contributed by atoms with E-state index in [2.05, 4.69) is 275 Å². The Labute approximate surface area is 442 Å². The van der Waals surface area contributed by atoms with Crippen LogP contribution in [-0.2, 0) is 27.1 Å². The molecule has 12 rings (SSSR count). The van der Waals surface area contributed by atoms with Crippen molar-refractivity contribution in [2.45, 2.75) is 149 Å². The summed E-state index contributed by atoms with van der Waals surface area (Å²) in [7, 11) is 0. The molecular weight excluding hydrogens is 895 g/mol. The Kier molecular flexibility index (Phi) is 10.8. The monoisotopic (exact) mass is 970 g/mol. The van der Waals surface area contributed by atoms with Crippen LogP contribution in [0.3, 0.4) is 0 Å². The third-order valence-corrected chi connectivity index (χ3v) is 17.2. The van der Waals surface area contributed by atoms with Gasteiger partial charge in [0.05, 0.1) is 28.6 Å². The summed E-state index contributed by atoms with van der Waals surface area (Å²) in [6.07, 6.45) is 14.2. The summed E-state index contributed by atoms with van der Waals surface area (Å²) in [6.45, 7) is 33.0. The molecule has 0 saturated carbocycles. The molecule has 2 atom stereocenters. The zero-order valence-electron chi connectivity index (χ0n) is 46.5. The fraction of sp³-hybridized carbons (Fsp3) is 0.324. The molecule has 5 aliphatic rings. The zero-order valence-corrected chi connectivity index (χ0v) is 46.5. The molecule has 0 N–H and O–H groups in total. The molecule has 74 heavy (non-hydrogen) atoms. The minimum atomic E-state index is -0.135. The number of aromatic nitrogens is 1. The van der Waals surface area contributed by atoms with Crippen LogP contribution in [0.25, 0.3) is 33.3 Å². The Balaban J connectivity index is 1.22. The summed E-state index contributed by atoms with van der Waals surface area (Å²) in [5.41, 5.74) is 25.9. The summed E-state index contributed by atoms with van der Waals surface area (Å²) in [5, 5.41) is 1.38. The van der Waals surface area contributed by atoms with Gasteiger partial charge < -0.3 is 14.4 Å². The van der Waals surface area contributed by atoms with Gasteiger partial charge in [0.1, 0.15) is 0 Å².